The molecule has 1 aromatic carbocycles. The predicted octanol–water partition coefficient (Wildman–Crippen LogP) is 2.81. The lowest BCUT2D eigenvalue weighted by Crippen LogP contribution is -2.31. The van der Waals surface area contributed by atoms with Gasteiger partial charge in [-0.3, -0.25) is 9.78 Å². The highest BCUT2D eigenvalue weighted by atomic mass is 16.2. The van der Waals surface area contributed by atoms with E-state index in [2.05, 4.69) is 15.6 Å². The van der Waals surface area contributed by atoms with Gasteiger partial charge in [0.2, 0.25) is 0 Å². The molecule has 3 rings (SSSR count). The van der Waals surface area contributed by atoms with E-state index in [0.717, 1.165) is 25.1 Å². The van der Waals surface area contributed by atoms with Gasteiger partial charge in [-0.2, -0.15) is 0 Å². The average molecular weight is 324 g/mol. The monoisotopic (exact) mass is 324 g/mol. The Kier molecular flexibility index (Phi) is 4.74. The maximum Gasteiger partial charge on any atom is 0.318 e. The van der Waals surface area contributed by atoms with Gasteiger partial charge in [0.25, 0.3) is 5.91 Å². The smallest absolute Gasteiger partial charge is 0.318 e. The first kappa shape index (κ1) is 16.0. The van der Waals surface area contributed by atoms with Crippen LogP contribution in [-0.4, -0.2) is 35.4 Å². The molecule has 0 saturated carbocycles. The largest absolute Gasteiger partial charge is 0.341 e. The van der Waals surface area contributed by atoms with Crippen molar-refractivity contribution in [1.82, 2.24) is 15.2 Å². The summed E-state index contributed by atoms with van der Waals surface area (Å²) >= 11 is 0. The number of pyridine rings is 1. The van der Waals surface area contributed by atoms with Crippen LogP contribution in [0.25, 0.3) is 0 Å². The molecule has 24 heavy (non-hydrogen) atoms. The third kappa shape index (κ3) is 3.37. The number of carbonyl (C=O) groups is 2. The number of rotatable bonds is 3. The molecule has 3 amide bonds. The van der Waals surface area contributed by atoms with Crippen molar-refractivity contribution in [2.45, 2.75) is 18.9 Å². The number of benzene rings is 1. The van der Waals surface area contributed by atoms with Gasteiger partial charge in [0, 0.05) is 31.0 Å². The van der Waals surface area contributed by atoms with Gasteiger partial charge in [0.15, 0.2) is 0 Å². The van der Waals surface area contributed by atoms with E-state index in [-0.39, 0.29) is 18.0 Å². The van der Waals surface area contributed by atoms with Crippen LogP contribution in [-0.2, 0) is 0 Å². The van der Waals surface area contributed by atoms with Crippen molar-refractivity contribution in [3.63, 3.8) is 0 Å². The van der Waals surface area contributed by atoms with Crippen LogP contribution in [0.1, 0.15) is 34.9 Å². The van der Waals surface area contributed by atoms with Crippen LogP contribution in [0.5, 0.6) is 0 Å². The Morgan fingerprint density at radius 2 is 1.96 bits per heavy atom. The summed E-state index contributed by atoms with van der Waals surface area (Å²) in [5.41, 5.74) is 2.19. The maximum atomic E-state index is 12.8. The van der Waals surface area contributed by atoms with E-state index in [1.807, 2.05) is 23.1 Å². The molecule has 1 saturated heterocycles. The Morgan fingerprint density at radius 1 is 1.17 bits per heavy atom. The van der Waals surface area contributed by atoms with Gasteiger partial charge in [-0.1, -0.05) is 6.07 Å². The van der Waals surface area contributed by atoms with Gasteiger partial charge in [0.1, 0.15) is 0 Å². The van der Waals surface area contributed by atoms with Crippen molar-refractivity contribution in [2.24, 2.45) is 0 Å². The summed E-state index contributed by atoms with van der Waals surface area (Å²) in [4.78, 5) is 30.4. The molecule has 1 aromatic heterocycles. The van der Waals surface area contributed by atoms with Crippen molar-refractivity contribution < 1.29 is 9.59 Å². The van der Waals surface area contributed by atoms with E-state index in [0.29, 0.717) is 11.3 Å². The summed E-state index contributed by atoms with van der Waals surface area (Å²) in [6.07, 6.45) is 3.66. The lowest BCUT2D eigenvalue weighted by Gasteiger charge is -2.24. The van der Waals surface area contributed by atoms with E-state index >= 15 is 0 Å². The number of hydrogen-bond acceptors (Lipinski definition) is 3. The summed E-state index contributed by atoms with van der Waals surface area (Å²) in [6, 6.07) is 12.5. The molecular formula is C18H20N4O2. The maximum absolute atomic E-state index is 12.8. The van der Waals surface area contributed by atoms with Crippen LogP contribution >= 0.6 is 0 Å². The Balaban J connectivity index is 1.74. The molecule has 1 atom stereocenters. The number of anilines is 1. The molecule has 0 spiro atoms. The molecule has 6 nitrogen and oxygen atoms in total. The molecule has 1 unspecified atom stereocenters. The van der Waals surface area contributed by atoms with E-state index in [4.69, 9.17) is 0 Å². The van der Waals surface area contributed by atoms with E-state index < -0.39 is 0 Å². The third-order valence-electron chi connectivity index (χ3n) is 4.16. The van der Waals surface area contributed by atoms with Crippen LogP contribution in [0.4, 0.5) is 10.5 Å². The lowest BCUT2D eigenvalue weighted by molar-refractivity contribution is 0.0733. The summed E-state index contributed by atoms with van der Waals surface area (Å²) in [7, 11) is 1.55. The highest BCUT2D eigenvalue weighted by Gasteiger charge is 2.31. The van der Waals surface area contributed by atoms with Crippen LogP contribution in [0.3, 0.4) is 0 Å². The standard InChI is InChI=1S/C18H20N4O2/c1-19-18(24)21-14-9-7-13(8-10-14)17(23)22-12-4-6-16(22)15-5-2-3-11-20-15/h2-3,5,7-11,16H,4,6,12H2,1H3,(H2,19,21,24). The predicted molar refractivity (Wildman–Crippen MR) is 91.8 cm³/mol. The van der Waals surface area contributed by atoms with Gasteiger partial charge < -0.3 is 15.5 Å². The molecule has 1 fully saturated rings. The minimum absolute atomic E-state index is 0.00496. The topological polar surface area (TPSA) is 74.3 Å². The van der Waals surface area contributed by atoms with Crippen molar-refractivity contribution in [3.05, 3.63) is 59.9 Å². The number of urea groups is 1. The van der Waals surface area contributed by atoms with E-state index in [9.17, 15) is 9.59 Å². The molecule has 124 valence electrons. The zero-order valence-electron chi connectivity index (χ0n) is 13.5. The summed E-state index contributed by atoms with van der Waals surface area (Å²) in [5.74, 6) is -0.00496. The number of amides is 3. The van der Waals surface area contributed by atoms with Crippen molar-refractivity contribution >= 4 is 17.6 Å². The second-order valence-corrected chi connectivity index (χ2v) is 5.69. The Bertz CT molecular complexity index is 716. The fourth-order valence-corrected chi connectivity index (χ4v) is 2.95. The Hall–Kier alpha value is -2.89. The fraction of sp³-hybridized carbons (Fsp3) is 0.278. The van der Waals surface area contributed by atoms with Gasteiger partial charge in [-0.15, -0.1) is 0 Å². The molecule has 2 heterocycles. The summed E-state index contributed by atoms with van der Waals surface area (Å²) in [5, 5.41) is 5.16. The van der Waals surface area contributed by atoms with Gasteiger partial charge in [0.05, 0.1) is 11.7 Å². The molecule has 0 aliphatic carbocycles. The normalized spacial score (nSPS) is 16.7. The second kappa shape index (κ2) is 7.12. The molecule has 2 aromatic rings. The summed E-state index contributed by atoms with van der Waals surface area (Å²) < 4.78 is 0. The highest BCUT2D eigenvalue weighted by molar-refractivity contribution is 5.96. The fourth-order valence-electron chi connectivity index (χ4n) is 2.95. The zero-order valence-corrected chi connectivity index (χ0v) is 13.5. The van der Waals surface area contributed by atoms with Gasteiger partial charge >= 0.3 is 6.03 Å². The minimum Gasteiger partial charge on any atom is -0.341 e. The highest BCUT2D eigenvalue weighted by Crippen LogP contribution is 2.32. The zero-order chi connectivity index (χ0) is 16.9. The van der Waals surface area contributed by atoms with Crippen molar-refractivity contribution in [1.29, 1.82) is 0 Å². The molecule has 1 aliphatic rings. The molecular weight excluding hydrogens is 304 g/mol. The Labute approximate surface area is 140 Å². The van der Waals surface area contributed by atoms with E-state index in [1.54, 1.807) is 37.5 Å². The van der Waals surface area contributed by atoms with Crippen LogP contribution < -0.4 is 10.6 Å². The van der Waals surface area contributed by atoms with Gasteiger partial charge in [-0.25, -0.2) is 4.79 Å². The number of nitrogens with zero attached hydrogens (tertiary/aromatic N) is 2. The van der Waals surface area contributed by atoms with Gasteiger partial charge in [-0.05, 0) is 49.2 Å². The summed E-state index contributed by atoms with van der Waals surface area (Å²) in [6.45, 7) is 0.734. The number of likely N-dealkylation sites (tertiary alicyclic amines) is 1. The number of hydrogen-bond donors (Lipinski definition) is 2. The third-order valence-corrected chi connectivity index (χ3v) is 4.16. The van der Waals surface area contributed by atoms with Crippen molar-refractivity contribution in [2.75, 3.05) is 18.9 Å². The number of nitrogens with one attached hydrogen (secondary N) is 2. The minimum atomic E-state index is -0.288. The average Bonchev–Trinajstić information content (AvgIpc) is 3.12. The van der Waals surface area contributed by atoms with Crippen LogP contribution in [0.15, 0.2) is 48.7 Å². The molecule has 0 radical (unpaired) electrons. The van der Waals surface area contributed by atoms with Crippen LogP contribution in [0.2, 0.25) is 0 Å². The second-order valence-electron chi connectivity index (χ2n) is 5.69. The quantitative estimate of drug-likeness (QED) is 0.911. The molecule has 1 aliphatic heterocycles. The lowest BCUT2D eigenvalue weighted by atomic mass is 10.1. The first-order valence-corrected chi connectivity index (χ1v) is 8.00. The Morgan fingerprint density at radius 3 is 2.62 bits per heavy atom. The molecule has 6 heteroatoms. The number of aromatic nitrogens is 1. The first-order valence-electron chi connectivity index (χ1n) is 8.00. The number of carbonyl (C=O) groups excluding carboxylic acids is 2. The van der Waals surface area contributed by atoms with E-state index in [1.165, 1.54) is 0 Å². The SMILES string of the molecule is CNC(=O)Nc1ccc(C(=O)N2CCCC2c2ccccn2)cc1. The van der Waals surface area contributed by atoms with Crippen LogP contribution in [0, 0.1) is 0 Å². The molecule has 0 bridgehead atoms. The molecule has 2 N–H and O–H groups in total. The van der Waals surface area contributed by atoms with Crippen molar-refractivity contribution in [3.8, 4) is 0 Å². The first-order chi connectivity index (χ1) is 11.7.